The van der Waals surface area contributed by atoms with Crippen LogP contribution in [-0.4, -0.2) is 51.7 Å². The van der Waals surface area contributed by atoms with Gasteiger partial charge in [-0.15, -0.1) is 0 Å². The van der Waals surface area contributed by atoms with Crippen LogP contribution in [0.5, 0.6) is 0 Å². The number of halogens is 2. The minimum atomic E-state index is -0.643. The number of amides is 1. The maximum atomic E-state index is 13.7. The summed E-state index contributed by atoms with van der Waals surface area (Å²) in [6.45, 7) is 2.37. The van der Waals surface area contributed by atoms with Gasteiger partial charge in [0, 0.05) is 37.8 Å². The van der Waals surface area contributed by atoms with Gasteiger partial charge in [0.2, 0.25) is 0 Å². The zero-order valence-electron chi connectivity index (χ0n) is 15.1. The Balaban J connectivity index is 1.46. The van der Waals surface area contributed by atoms with Gasteiger partial charge >= 0.3 is 0 Å². The first-order chi connectivity index (χ1) is 13.5. The molecule has 1 aromatic carbocycles. The van der Waals surface area contributed by atoms with E-state index in [4.69, 9.17) is 5.21 Å². The van der Waals surface area contributed by atoms with Crippen molar-refractivity contribution in [3.8, 4) is 0 Å². The van der Waals surface area contributed by atoms with E-state index >= 15 is 0 Å². The van der Waals surface area contributed by atoms with Crippen molar-refractivity contribution in [2.24, 2.45) is 0 Å². The number of hydrogen-bond donors (Lipinski definition) is 3. The van der Waals surface area contributed by atoms with Crippen molar-refractivity contribution in [1.29, 1.82) is 0 Å². The number of aromatic nitrogens is 2. The molecule has 3 rings (SSSR count). The van der Waals surface area contributed by atoms with Crippen molar-refractivity contribution in [2.75, 3.05) is 25.0 Å². The monoisotopic (exact) mass is 389 g/mol. The summed E-state index contributed by atoms with van der Waals surface area (Å²) < 4.78 is 26.7. The summed E-state index contributed by atoms with van der Waals surface area (Å²) in [4.78, 5) is 21.6. The molecule has 1 fully saturated rings. The smallest absolute Gasteiger partial charge is 0.267 e. The molecular weight excluding hydrogens is 368 g/mol. The molecular formula is C19H21F2N5O2. The topological polar surface area (TPSA) is 90.4 Å². The Bertz CT molecular complexity index is 845. The molecule has 7 nitrogen and oxygen atoms in total. The first-order valence-corrected chi connectivity index (χ1v) is 8.90. The summed E-state index contributed by atoms with van der Waals surface area (Å²) in [5, 5.41) is 11.7. The normalized spacial score (nSPS) is 17.2. The van der Waals surface area contributed by atoms with Crippen LogP contribution in [0.2, 0.25) is 0 Å². The Kier molecular flexibility index (Phi) is 6.62. The zero-order valence-corrected chi connectivity index (χ0v) is 15.1. The second-order valence-corrected chi connectivity index (χ2v) is 6.55. The van der Waals surface area contributed by atoms with Crippen LogP contribution in [-0.2, 0) is 11.2 Å². The summed E-state index contributed by atoms with van der Waals surface area (Å²) in [6, 6.07) is 3.89. The molecule has 0 unspecified atom stereocenters. The van der Waals surface area contributed by atoms with Gasteiger partial charge < -0.3 is 10.2 Å². The van der Waals surface area contributed by atoms with Gasteiger partial charge in [-0.3, -0.25) is 15.0 Å². The highest BCUT2D eigenvalue weighted by molar-refractivity contribution is 5.90. The van der Waals surface area contributed by atoms with E-state index in [1.165, 1.54) is 29.9 Å². The Morgan fingerprint density at radius 2 is 2.18 bits per heavy atom. The molecule has 2 heterocycles. The lowest BCUT2D eigenvalue weighted by molar-refractivity contribution is -0.124. The van der Waals surface area contributed by atoms with Gasteiger partial charge in [-0.25, -0.2) is 19.2 Å². The van der Waals surface area contributed by atoms with Gasteiger partial charge in [0.15, 0.2) is 0 Å². The quantitative estimate of drug-likeness (QED) is 0.381. The lowest BCUT2D eigenvalue weighted by Crippen LogP contribution is -2.28. The van der Waals surface area contributed by atoms with Crippen molar-refractivity contribution < 1.29 is 18.8 Å². The lowest BCUT2D eigenvalue weighted by atomic mass is 10.1. The van der Waals surface area contributed by atoms with Crippen molar-refractivity contribution in [3.05, 3.63) is 59.6 Å². The minimum Gasteiger partial charge on any atom is -0.365 e. The Hall–Kier alpha value is -2.91. The second-order valence-electron chi connectivity index (χ2n) is 6.55. The molecule has 1 aliphatic rings. The highest BCUT2D eigenvalue weighted by atomic mass is 19.1. The third-order valence-electron chi connectivity index (χ3n) is 4.52. The number of carbonyl (C=O) groups excluding carboxylic acids is 1. The van der Waals surface area contributed by atoms with Crippen LogP contribution in [0.25, 0.3) is 6.08 Å². The van der Waals surface area contributed by atoms with Gasteiger partial charge in [0.1, 0.15) is 17.5 Å². The first kappa shape index (κ1) is 19.8. The highest BCUT2D eigenvalue weighted by Gasteiger charge is 2.22. The number of nitrogens with one attached hydrogen (secondary N) is 2. The summed E-state index contributed by atoms with van der Waals surface area (Å²) in [5.74, 6) is -1.09. The number of hydroxylamine groups is 1. The number of nitrogens with zero attached hydrogens (tertiary/aromatic N) is 3. The predicted octanol–water partition coefficient (Wildman–Crippen LogP) is 2.00. The van der Waals surface area contributed by atoms with Gasteiger partial charge in [0.25, 0.3) is 5.91 Å². The number of anilines is 1. The van der Waals surface area contributed by atoms with Crippen LogP contribution in [0.3, 0.4) is 0 Å². The van der Waals surface area contributed by atoms with Crippen LogP contribution in [0.1, 0.15) is 17.7 Å². The number of likely N-dealkylation sites (tertiary alicyclic amines) is 1. The maximum Gasteiger partial charge on any atom is 0.267 e. The fourth-order valence-corrected chi connectivity index (χ4v) is 3.06. The third-order valence-corrected chi connectivity index (χ3v) is 4.52. The van der Waals surface area contributed by atoms with E-state index in [0.29, 0.717) is 30.0 Å². The van der Waals surface area contributed by atoms with Gasteiger partial charge in [-0.1, -0.05) is 6.07 Å². The second kappa shape index (κ2) is 9.34. The third kappa shape index (κ3) is 5.54. The molecule has 148 valence electrons. The van der Waals surface area contributed by atoms with E-state index in [0.717, 1.165) is 31.7 Å². The molecule has 1 atom stereocenters. The Labute approximate surface area is 161 Å². The molecule has 28 heavy (non-hydrogen) atoms. The van der Waals surface area contributed by atoms with Crippen molar-refractivity contribution in [3.63, 3.8) is 0 Å². The number of rotatable bonds is 7. The molecule has 0 spiro atoms. The van der Waals surface area contributed by atoms with E-state index in [1.807, 2.05) is 0 Å². The molecule has 9 heteroatoms. The molecule has 0 aliphatic carbocycles. The molecule has 1 aliphatic heterocycles. The van der Waals surface area contributed by atoms with Crippen LogP contribution in [0.15, 0.2) is 36.7 Å². The summed E-state index contributed by atoms with van der Waals surface area (Å²) >= 11 is 0. The van der Waals surface area contributed by atoms with Crippen LogP contribution >= 0.6 is 0 Å². The van der Waals surface area contributed by atoms with Crippen molar-refractivity contribution in [2.45, 2.75) is 18.9 Å². The number of hydrogen-bond acceptors (Lipinski definition) is 6. The fourth-order valence-electron chi connectivity index (χ4n) is 3.06. The van der Waals surface area contributed by atoms with Crippen LogP contribution in [0, 0.1) is 11.6 Å². The lowest BCUT2D eigenvalue weighted by Gasteiger charge is -2.17. The Morgan fingerprint density at radius 3 is 2.89 bits per heavy atom. The molecule has 0 radical (unpaired) electrons. The first-order valence-electron chi connectivity index (χ1n) is 8.90. The highest BCUT2D eigenvalue weighted by Crippen LogP contribution is 2.16. The summed E-state index contributed by atoms with van der Waals surface area (Å²) in [7, 11) is 0. The maximum absolute atomic E-state index is 13.7. The number of benzene rings is 1. The van der Waals surface area contributed by atoms with Gasteiger partial charge in [0.05, 0.1) is 18.1 Å². The van der Waals surface area contributed by atoms with Crippen molar-refractivity contribution in [1.82, 2.24) is 20.3 Å². The minimum absolute atomic E-state index is 0.203. The largest absolute Gasteiger partial charge is 0.365 e. The average molecular weight is 389 g/mol. The van der Waals surface area contributed by atoms with Crippen molar-refractivity contribution >= 4 is 17.8 Å². The summed E-state index contributed by atoms with van der Waals surface area (Å²) in [6.07, 6.45) is 7.14. The SMILES string of the molecule is O=C(C=Cc1cnc(N[C@@H]2CCN(CCc3ccc(F)cc3F)C2)cn1)NO. The molecule has 2 aromatic rings. The van der Waals surface area contributed by atoms with Gasteiger partial charge in [-0.05, 0) is 30.5 Å². The molecule has 1 amide bonds. The van der Waals surface area contributed by atoms with E-state index in [9.17, 15) is 13.6 Å². The molecule has 0 saturated carbocycles. The standard InChI is InChI=1S/C19H21F2N5O2/c20-14-2-1-13(17(21)9-14)5-7-26-8-6-16(12-26)24-18-11-22-15(10-23-18)3-4-19(27)25-28/h1-4,9-11,16,28H,5-8,12H2,(H,23,24)(H,25,27)/t16-/m1/s1. The molecule has 1 saturated heterocycles. The molecule has 0 bridgehead atoms. The van der Waals surface area contributed by atoms with Crippen LogP contribution < -0.4 is 10.8 Å². The van der Waals surface area contributed by atoms with E-state index in [-0.39, 0.29) is 6.04 Å². The Morgan fingerprint density at radius 1 is 1.32 bits per heavy atom. The van der Waals surface area contributed by atoms with E-state index in [2.05, 4.69) is 20.2 Å². The predicted molar refractivity (Wildman–Crippen MR) is 99.5 cm³/mol. The fraction of sp³-hybridized carbons (Fsp3) is 0.316. The summed E-state index contributed by atoms with van der Waals surface area (Å²) in [5.41, 5.74) is 2.50. The molecule has 3 N–H and O–H groups in total. The van der Waals surface area contributed by atoms with E-state index in [1.54, 1.807) is 6.20 Å². The average Bonchev–Trinajstić information content (AvgIpc) is 3.14. The zero-order chi connectivity index (χ0) is 19.9. The van der Waals surface area contributed by atoms with E-state index < -0.39 is 17.5 Å². The van der Waals surface area contributed by atoms with Crippen LogP contribution in [0.4, 0.5) is 14.6 Å². The molecule has 1 aromatic heterocycles. The number of carbonyl (C=O) groups is 1. The van der Waals surface area contributed by atoms with Gasteiger partial charge in [-0.2, -0.15) is 0 Å².